The highest BCUT2D eigenvalue weighted by atomic mass is 35.5. The number of piperidine rings is 2. The van der Waals surface area contributed by atoms with Gasteiger partial charge >= 0.3 is 0 Å². The molecule has 2 saturated heterocycles. The Morgan fingerprint density at radius 3 is 2.30 bits per heavy atom. The molecule has 2 fully saturated rings. The summed E-state index contributed by atoms with van der Waals surface area (Å²) >= 11 is 5.92. The van der Waals surface area contributed by atoms with Crippen LogP contribution in [0.3, 0.4) is 0 Å². The number of fused-ring (bicyclic) bond motifs is 1. The minimum Gasteiger partial charge on any atom is -0.454 e. The summed E-state index contributed by atoms with van der Waals surface area (Å²) in [5, 5.41) is 11.5. The molecule has 9 heteroatoms. The number of nitrogens with zero attached hydrogens (tertiary/aromatic N) is 2. The molecule has 0 atom stereocenters. The first-order valence-electron chi connectivity index (χ1n) is 16.3. The highest BCUT2D eigenvalue weighted by molar-refractivity contribution is 6.30. The van der Waals surface area contributed by atoms with Crippen LogP contribution < -0.4 is 9.47 Å². The number of amides is 1. The van der Waals surface area contributed by atoms with E-state index in [2.05, 4.69) is 4.90 Å². The first kappa shape index (κ1) is 34.4. The number of carbonyl (C=O) groups excluding carboxylic acids is 2. The minimum atomic E-state index is -0.801. The maximum Gasteiger partial charge on any atom is 0.246 e. The molecule has 3 aromatic carbocycles. The molecule has 0 unspecified atom stereocenters. The van der Waals surface area contributed by atoms with Crippen LogP contribution in [-0.2, 0) is 10.4 Å². The molecule has 3 heterocycles. The number of halogens is 2. The van der Waals surface area contributed by atoms with Crippen LogP contribution in [0.1, 0.15) is 66.4 Å². The Hall–Kier alpha value is -3.98. The van der Waals surface area contributed by atoms with Gasteiger partial charge in [0.15, 0.2) is 17.3 Å². The monoisotopic (exact) mass is 660 g/mol. The fourth-order valence-electron chi connectivity index (χ4n) is 5.98. The van der Waals surface area contributed by atoms with Crippen molar-refractivity contribution in [3.8, 4) is 11.5 Å². The van der Waals surface area contributed by atoms with Gasteiger partial charge in [-0.25, -0.2) is 4.39 Å². The third kappa shape index (κ3) is 10.0. The zero-order valence-corrected chi connectivity index (χ0v) is 27.3. The zero-order valence-electron chi connectivity index (χ0n) is 26.6. The summed E-state index contributed by atoms with van der Waals surface area (Å²) < 4.78 is 23.5. The number of rotatable bonds is 9. The van der Waals surface area contributed by atoms with Crippen molar-refractivity contribution in [1.29, 1.82) is 0 Å². The summed E-state index contributed by atoms with van der Waals surface area (Å²) in [5.74, 6) is 1.36. The van der Waals surface area contributed by atoms with Gasteiger partial charge < -0.3 is 24.4 Å². The van der Waals surface area contributed by atoms with Crippen LogP contribution >= 0.6 is 11.6 Å². The number of allylic oxidation sites excluding steroid dienone is 2. The largest absolute Gasteiger partial charge is 0.454 e. The quantitative estimate of drug-likeness (QED) is 0.146. The molecule has 0 spiro atoms. The molecule has 3 aliphatic rings. The maximum atomic E-state index is 12.9. The lowest BCUT2D eigenvalue weighted by Gasteiger charge is -2.38. The standard InChI is InChI=1S/C21H23ClFNO2.C17H19NO3/c22-18-7-5-17(6-8-18)21(26)11-14-24(15-12-21)13-1-2-20(25)16-3-9-19(23)10-4-16;19-17(18-10-4-1-5-11-18)7-3-2-6-14-8-9-15-16(12-14)21-13-20-15/h3-10,26H,1-2,11-15H2;2-3,6-9,12H,1,4-5,10-11,13H2. The molecule has 0 aromatic heterocycles. The van der Waals surface area contributed by atoms with Crippen molar-refractivity contribution in [2.24, 2.45) is 0 Å². The van der Waals surface area contributed by atoms with Gasteiger partial charge in [-0.2, -0.15) is 0 Å². The molecular formula is C38H42ClFN2O5. The molecule has 7 nitrogen and oxygen atoms in total. The van der Waals surface area contributed by atoms with Gasteiger partial charge in [0.25, 0.3) is 0 Å². The van der Waals surface area contributed by atoms with E-state index in [1.165, 1.54) is 30.7 Å². The van der Waals surface area contributed by atoms with Crippen molar-refractivity contribution < 1.29 is 28.6 Å². The van der Waals surface area contributed by atoms with Crippen LogP contribution in [0.25, 0.3) is 6.08 Å². The second kappa shape index (κ2) is 16.7. The van der Waals surface area contributed by atoms with Gasteiger partial charge in [0.05, 0.1) is 5.60 Å². The van der Waals surface area contributed by atoms with E-state index < -0.39 is 5.60 Å². The van der Waals surface area contributed by atoms with Gasteiger partial charge in [-0.15, -0.1) is 0 Å². The molecule has 3 aliphatic heterocycles. The van der Waals surface area contributed by atoms with Gasteiger partial charge in [0.2, 0.25) is 12.7 Å². The minimum absolute atomic E-state index is 0.0414. The normalized spacial score (nSPS) is 17.5. The lowest BCUT2D eigenvalue weighted by Crippen LogP contribution is -2.42. The van der Waals surface area contributed by atoms with Crippen LogP contribution in [0.5, 0.6) is 11.5 Å². The van der Waals surface area contributed by atoms with Crippen LogP contribution in [-0.4, -0.2) is 66.1 Å². The Balaban J connectivity index is 0.000000189. The predicted octanol–water partition coefficient (Wildman–Crippen LogP) is 7.42. The Labute approximate surface area is 281 Å². The fourth-order valence-corrected chi connectivity index (χ4v) is 6.11. The number of Topliss-reactive ketones (excluding diaryl/α,β-unsaturated/α-hetero) is 1. The lowest BCUT2D eigenvalue weighted by atomic mass is 9.84. The van der Waals surface area contributed by atoms with E-state index in [4.69, 9.17) is 21.1 Å². The van der Waals surface area contributed by atoms with E-state index in [1.807, 2.05) is 59.5 Å². The summed E-state index contributed by atoms with van der Waals surface area (Å²) in [5.41, 5.74) is 1.69. The van der Waals surface area contributed by atoms with E-state index in [0.717, 1.165) is 74.6 Å². The first-order valence-corrected chi connectivity index (χ1v) is 16.7. The van der Waals surface area contributed by atoms with Crippen molar-refractivity contribution in [3.63, 3.8) is 0 Å². The summed E-state index contributed by atoms with van der Waals surface area (Å²) in [7, 11) is 0. The Kier molecular flexibility index (Phi) is 12.2. The van der Waals surface area contributed by atoms with Gasteiger partial charge in [-0.1, -0.05) is 48.0 Å². The number of hydrogen-bond donors (Lipinski definition) is 1. The average Bonchev–Trinajstić information content (AvgIpc) is 3.57. The maximum absolute atomic E-state index is 12.9. The predicted molar refractivity (Wildman–Crippen MR) is 182 cm³/mol. The topological polar surface area (TPSA) is 79.3 Å². The van der Waals surface area contributed by atoms with Crippen LogP contribution in [0.4, 0.5) is 4.39 Å². The average molecular weight is 661 g/mol. The van der Waals surface area contributed by atoms with E-state index >= 15 is 0 Å². The molecule has 3 aromatic rings. The fraction of sp³-hybridized carbons (Fsp3) is 0.368. The Bertz CT molecular complexity index is 1540. The number of likely N-dealkylation sites (tertiary alicyclic amines) is 2. The Morgan fingerprint density at radius 2 is 1.57 bits per heavy atom. The molecule has 0 saturated carbocycles. The molecule has 0 aliphatic carbocycles. The summed E-state index contributed by atoms with van der Waals surface area (Å²) in [6.45, 7) is 4.47. The number of benzene rings is 3. The number of hydrogen-bond acceptors (Lipinski definition) is 6. The molecular weight excluding hydrogens is 619 g/mol. The number of ketones is 1. The van der Waals surface area contributed by atoms with Gasteiger partial charge in [-0.3, -0.25) is 9.59 Å². The van der Waals surface area contributed by atoms with Gasteiger partial charge in [-0.05, 0) is 105 Å². The highest BCUT2D eigenvalue weighted by Crippen LogP contribution is 2.34. The third-order valence-corrected chi connectivity index (χ3v) is 9.06. The SMILES string of the molecule is O=C(C=CC=Cc1ccc2c(c1)OCO2)N1CCCCC1.O=C(CCCN1CCC(O)(c2ccc(Cl)cc2)CC1)c1ccc(F)cc1. The highest BCUT2D eigenvalue weighted by Gasteiger charge is 2.33. The molecule has 47 heavy (non-hydrogen) atoms. The number of ether oxygens (including phenoxy) is 2. The van der Waals surface area contributed by atoms with Crippen molar-refractivity contribution >= 4 is 29.4 Å². The van der Waals surface area contributed by atoms with E-state index in [9.17, 15) is 19.1 Å². The lowest BCUT2D eigenvalue weighted by molar-refractivity contribution is -0.126. The van der Waals surface area contributed by atoms with Crippen LogP contribution in [0.15, 0.2) is 85.0 Å². The van der Waals surface area contributed by atoms with Gasteiger partial charge in [0, 0.05) is 49.3 Å². The van der Waals surface area contributed by atoms with Crippen molar-refractivity contribution in [2.45, 2.75) is 50.5 Å². The van der Waals surface area contributed by atoms with Crippen molar-refractivity contribution in [3.05, 3.63) is 112 Å². The smallest absolute Gasteiger partial charge is 0.246 e. The molecule has 0 radical (unpaired) electrons. The number of aliphatic hydroxyl groups is 1. The molecule has 248 valence electrons. The van der Waals surface area contributed by atoms with Crippen molar-refractivity contribution in [2.75, 3.05) is 39.5 Å². The second-order valence-electron chi connectivity index (χ2n) is 12.1. The number of carbonyl (C=O) groups is 2. The van der Waals surface area contributed by atoms with E-state index in [1.54, 1.807) is 12.2 Å². The van der Waals surface area contributed by atoms with Crippen molar-refractivity contribution in [1.82, 2.24) is 9.80 Å². The Morgan fingerprint density at radius 1 is 0.872 bits per heavy atom. The second-order valence-corrected chi connectivity index (χ2v) is 12.6. The third-order valence-electron chi connectivity index (χ3n) is 8.81. The van der Waals surface area contributed by atoms with E-state index in [0.29, 0.717) is 29.8 Å². The van der Waals surface area contributed by atoms with Gasteiger partial charge in [0.1, 0.15) is 5.82 Å². The zero-order chi connectivity index (χ0) is 33.1. The van der Waals surface area contributed by atoms with Crippen LogP contribution in [0, 0.1) is 5.82 Å². The van der Waals surface area contributed by atoms with Crippen LogP contribution in [0.2, 0.25) is 5.02 Å². The molecule has 0 bridgehead atoms. The summed E-state index contributed by atoms with van der Waals surface area (Å²) in [6.07, 6.45) is 13.3. The van der Waals surface area contributed by atoms with E-state index in [-0.39, 0.29) is 24.3 Å². The summed E-state index contributed by atoms with van der Waals surface area (Å²) in [4.78, 5) is 28.2. The molecule has 6 rings (SSSR count). The first-order chi connectivity index (χ1) is 22.8. The molecule has 1 N–H and O–H groups in total. The molecule has 1 amide bonds. The summed E-state index contributed by atoms with van der Waals surface area (Å²) in [6, 6.07) is 18.9.